The van der Waals surface area contributed by atoms with Crippen molar-refractivity contribution >= 4 is 27.3 Å². The number of carboxylic acids is 1. The number of fused-ring (bicyclic) bond motifs is 1. The fraction of sp³-hybridized carbons (Fsp3) is 0.538. The molecule has 2 fully saturated rings. The molecular formula is C13H14N2O4S2. The van der Waals surface area contributed by atoms with Crippen LogP contribution < -0.4 is 0 Å². The van der Waals surface area contributed by atoms with Crippen LogP contribution in [0.4, 0.5) is 0 Å². The van der Waals surface area contributed by atoms with Gasteiger partial charge in [-0.2, -0.15) is 9.57 Å². The molecule has 1 aliphatic carbocycles. The Balaban J connectivity index is 1.98. The second-order valence-corrected chi connectivity index (χ2v) is 8.64. The maximum Gasteiger partial charge on any atom is 0.322 e. The van der Waals surface area contributed by atoms with Crippen LogP contribution in [0.15, 0.2) is 16.3 Å². The first-order chi connectivity index (χ1) is 9.95. The van der Waals surface area contributed by atoms with E-state index in [4.69, 9.17) is 5.26 Å². The lowest BCUT2D eigenvalue weighted by molar-refractivity contribution is -0.142. The maximum atomic E-state index is 12.7. The summed E-state index contributed by atoms with van der Waals surface area (Å²) in [6, 6.07) is 3.76. The number of nitriles is 1. The number of carboxylic acid groups (broad SMARTS) is 1. The Morgan fingerprint density at radius 2 is 2.19 bits per heavy atom. The first kappa shape index (κ1) is 14.5. The Morgan fingerprint density at radius 3 is 2.81 bits per heavy atom. The Labute approximate surface area is 126 Å². The van der Waals surface area contributed by atoms with E-state index < -0.39 is 22.0 Å². The summed E-state index contributed by atoms with van der Waals surface area (Å²) >= 11 is 0.885. The van der Waals surface area contributed by atoms with Crippen molar-refractivity contribution in [3.05, 3.63) is 17.0 Å². The smallest absolute Gasteiger partial charge is 0.322 e. The molecule has 1 saturated carbocycles. The van der Waals surface area contributed by atoms with E-state index in [0.29, 0.717) is 4.88 Å². The molecule has 2 aliphatic rings. The fourth-order valence-electron chi connectivity index (χ4n) is 3.45. The highest BCUT2D eigenvalue weighted by Gasteiger charge is 2.52. The number of hydrogen-bond acceptors (Lipinski definition) is 5. The zero-order valence-corrected chi connectivity index (χ0v) is 12.7. The summed E-state index contributed by atoms with van der Waals surface area (Å²) in [5.74, 6) is -1.03. The molecule has 1 saturated heterocycles. The molecule has 2 heterocycles. The minimum Gasteiger partial charge on any atom is -0.480 e. The lowest BCUT2D eigenvalue weighted by atomic mass is 9.94. The van der Waals surface area contributed by atoms with Crippen molar-refractivity contribution in [1.82, 2.24) is 4.31 Å². The van der Waals surface area contributed by atoms with Crippen molar-refractivity contribution in [2.24, 2.45) is 11.8 Å². The van der Waals surface area contributed by atoms with Crippen LogP contribution in [0.3, 0.4) is 0 Å². The van der Waals surface area contributed by atoms with E-state index in [2.05, 4.69) is 0 Å². The Morgan fingerprint density at radius 1 is 1.43 bits per heavy atom. The standard InChI is InChI=1S/C13H14N2O4S2/c14-6-9-4-5-11(20-9)21(18,19)15-7-8-2-1-3-10(8)12(15)13(16)17/h4-5,8,10,12H,1-3,7H2,(H,16,17). The van der Waals surface area contributed by atoms with Gasteiger partial charge in [0.25, 0.3) is 10.0 Å². The number of aliphatic carboxylic acids is 1. The SMILES string of the molecule is N#Cc1ccc(S(=O)(=O)N2CC3CCCC3C2C(=O)O)s1. The molecule has 112 valence electrons. The average Bonchev–Trinajstić information content (AvgIpc) is 3.12. The Hall–Kier alpha value is -1.43. The molecule has 6 nitrogen and oxygen atoms in total. The summed E-state index contributed by atoms with van der Waals surface area (Å²) in [7, 11) is -3.84. The van der Waals surface area contributed by atoms with Crippen LogP contribution in [0, 0.1) is 23.2 Å². The van der Waals surface area contributed by atoms with E-state index in [0.717, 1.165) is 34.9 Å². The fourth-order valence-corrected chi connectivity index (χ4v) is 6.37. The summed E-state index contributed by atoms with van der Waals surface area (Å²) in [6.45, 7) is 0.268. The van der Waals surface area contributed by atoms with Gasteiger partial charge in [0, 0.05) is 6.54 Å². The van der Waals surface area contributed by atoms with Gasteiger partial charge < -0.3 is 5.11 Å². The summed E-state index contributed by atoms with van der Waals surface area (Å²) in [5.41, 5.74) is 0. The van der Waals surface area contributed by atoms with Crippen LogP contribution in [-0.2, 0) is 14.8 Å². The van der Waals surface area contributed by atoms with E-state index in [1.807, 2.05) is 6.07 Å². The van der Waals surface area contributed by atoms with Gasteiger partial charge in [-0.25, -0.2) is 8.42 Å². The minimum atomic E-state index is -3.84. The van der Waals surface area contributed by atoms with Crippen LogP contribution in [0.2, 0.25) is 0 Å². The summed E-state index contributed by atoms with van der Waals surface area (Å²) < 4.78 is 26.5. The molecule has 1 aromatic heterocycles. The van der Waals surface area contributed by atoms with Crippen LogP contribution in [-0.4, -0.2) is 36.4 Å². The van der Waals surface area contributed by atoms with Crippen molar-refractivity contribution in [2.45, 2.75) is 29.5 Å². The van der Waals surface area contributed by atoms with Gasteiger partial charge >= 0.3 is 5.97 Å². The normalized spacial score (nSPS) is 29.2. The van der Waals surface area contributed by atoms with Gasteiger partial charge in [-0.15, -0.1) is 11.3 Å². The second kappa shape index (κ2) is 5.09. The highest BCUT2D eigenvalue weighted by molar-refractivity contribution is 7.91. The number of rotatable bonds is 3. The first-order valence-electron chi connectivity index (χ1n) is 6.69. The van der Waals surface area contributed by atoms with Gasteiger partial charge in [0.05, 0.1) is 0 Å². The summed E-state index contributed by atoms with van der Waals surface area (Å²) in [5, 5.41) is 18.2. The zero-order valence-electron chi connectivity index (χ0n) is 11.1. The van der Waals surface area contributed by atoms with Gasteiger partial charge in [0.15, 0.2) is 0 Å². The predicted molar refractivity (Wildman–Crippen MR) is 75.2 cm³/mol. The van der Waals surface area contributed by atoms with Crippen LogP contribution in [0.5, 0.6) is 0 Å². The molecule has 0 bridgehead atoms. The molecule has 0 spiro atoms. The molecule has 8 heteroatoms. The molecule has 0 amide bonds. The molecule has 21 heavy (non-hydrogen) atoms. The molecule has 0 radical (unpaired) electrons. The zero-order chi connectivity index (χ0) is 15.2. The van der Waals surface area contributed by atoms with Crippen LogP contribution in [0.1, 0.15) is 24.1 Å². The monoisotopic (exact) mass is 326 g/mol. The Bertz CT molecular complexity index is 719. The largest absolute Gasteiger partial charge is 0.480 e. The molecular weight excluding hydrogens is 312 g/mol. The van der Waals surface area contributed by atoms with Crippen molar-refractivity contribution in [1.29, 1.82) is 5.26 Å². The summed E-state index contributed by atoms with van der Waals surface area (Å²) in [6.07, 6.45) is 2.61. The number of hydrogen-bond donors (Lipinski definition) is 1. The highest BCUT2D eigenvalue weighted by Crippen LogP contribution is 2.44. The lowest BCUT2D eigenvalue weighted by Crippen LogP contribution is -2.42. The van der Waals surface area contributed by atoms with Gasteiger partial charge in [-0.05, 0) is 36.8 Å². The second-order valence-electron chi connectivity index (χ2n) is 5.44. The molecule has 1 N–H and O–H groups in total. The number of thiophene rings is 1. The third-order valence-corrected chi connectivity index (χ3v) is 7.66. The van der Waals surface area contributed by atoms with E-state index in [1.54, 1.807) is 0 Å². The van der Waals surface area contributed by atoms with Gasteiger partial charge in [0.1, 0.15) is 21.2 Å². The van der Waals surface area contributed by atoms with Crippen LogP contribution in [0.25, 0.3) is 0 Å². The molecule has 1 aliphatic heterocycles. The molecule has 3 atom stereocenters. The van der Waals surface area contributed by atoms with E-state index in [1.165, 1.54) is 12.1 Å². The van der Waals surface area contributed by atoms with Crippen molar-refractivity contribution < 1.29 is 18.3 Å². The molecule has 0 aromatic carbocycles. The van der Waals surface area contributed by atoms with Gasteiger partial charge in [-0.3, -0.25) is 4.79 Å². The summed E-state index contributed by atoms with van der Waals surface area (Å²) in [4.78, 5) is 11.8. The van der Waals surface area contributed by atoms with Gasteiger partial charge in [0.2, 0.25) is 0 Å². The predicted octanol–water partition coefficient (Wildman–Crippen LogP) is 1.49. The van der Waals surface area contributed by atoms with Crippen molar-refractivity contribution in [3.8, 4) is 6.07 Å². The number of nitrogens with zero attached hydrogens (tertiary/aromatic N) is 2. The number of carbonyl (C=O) groups is 1. The lowest BCUT2D eigenvalue weighted by Gasteiger charge is -2.22. The van der Waals surface area contributed by atoms with Gasteiger partial charge in [-0.1, -0.05) is 6.42 Å². The molecule has 3 rings (SSSR count). The number of sulfonamides is 1. The van der Waals surface area contributed by atoms with E-state index >= 15 is 0 Å². The van der Waals surface area contributed by atoms with E-state index in [9.17, 15) is 18.3 Å². The quantitative estimate of drug-likeness (QED) is 0.907. The van der Waals surface area contributed by atoms with Crippen molar-refractivity contribution in [2.75, 3.05) is 6.54 Å². The molecule has 3 unspecified atom stereocenters. The first-order valence-corrected chi connectivity index (χ1v) is 8.95. The highest BCUT2D eigenvalue weighted by atomic mass is 32.2. The minimum absolute atomic E-state index is 0.0465. The third kappa shape index (κ3) is 2.25. The van der Waals surface area contributed by atoms with E-state index in [-0.39, 0.29) is 22.6 Å². The topological polar surface area (TPSA) is 98.5 Å². The van der Waals surface area contributed by atoms with Crippen LogP contribution >= 0.6 is 11.3 Å². The third-order valence-electron chi connectivity index (χ3n) is 4.36. The molecule has 1 aromatic rings. The van der Waals surface area contributed by atoms with Crippen molar-refractivity contribution in [3.63, 3.8) is 0 Å². The maximum absolute atomic E-state index is 12.7. The Kier molecular flexibility index (Phi) is 3.51. The average molecular weight is 326 g/mol.